The van der Waals surface area contributed by atoms with Crippen molar-refractivity contribution in [2.24, 2.45) is 5.73 Å². The van der Waals surface area contributed by atoms with Crippen molar-refractivity contribution in [1.82, 2.24) is 9.80 Å². The SMILES string of the molecule is COc1cccc(OC)c1OCCCCN1CCC(C(N)=O)(N2CCCCC2)CC1. The van der Waals surface area contributed by atoms with Crippen LogP contribution in [0.4, 0.5) is 0 Å². The molecule has 2 aliphatic heterocycles. The number of benzene rings is 1. The molecule has 3 rings (SSSR count). The molecule has 2 fully saturated rings. The molecule has 7 nitrogen and oxygen atoms in total. The van der Waals surface area contributed by atoms with Crippen molar-refractivity contribution in [2.45, 2.75) is 50.5 Å². The number of primary amides is 1. The highest BCUT2D eigenvalue weighted by Crippen LogP contribution is 2.37. The number of carbonyl (C=O) groups is 1. The minimum absolute atomic E-state index is 0.136. The fourth-order valence-corrected chi connectivity index (χ4v) is 4.76. The minimum Gasteiger partial charge on any atom is -0.493 e. The van der Waals surface area contributed by atoms with Gasteiger partial charge in [-0.05, 0) is 70.3 Å². The Morgan fingerprint density at radius 1 is 1.00 bits per heavy atom. The van der Waals surface area contributed by atoms with Crippen molar-refractivity contribution in [3.63, 3.8) is 0 Å². The molecular weight excluding hydrogens is 382 g/mol. The second-order valence-corrected chi connectivity index (χ2v) is 8.33. The zero-order chi connectivity index (χ0) is 21.4. The maximum absolute atomic E-state index is 12.3. The third-order valence-electron chi connectivity index (χ3n) is 6.60. The van der Waals surface area contributed by atoms with Gasteiger partial charge in [-0.1, -0.05) is 12.5 Å². The van der Waals surface area contributed by atoms with E-state index >= 15 is 0 Å². The van der Waals surface area contributed by atoms with Gasteiger partial charge in [0.25, 0.3) is 0 Å². The fourth-order valence-electron chi connectivity index (χ4n) is 4.76. The lowest BCUT2D eigenvalue weighted by Gasteiger charge is -2.48. The summed E-state index contributed by atoms with van der Waals surface area (Å²) in [5, 5.41) is 0. The van der Waals surface area contributed by atoms with E-state index in [0.717, 1.165) is 58.4 Å². The first-order valence-corrected chi connectivity index (χ1v) is 11.2. The van der Waals surface area contributed by atoms with Crippen LogP contribution in [0, 0.1) is 0 Å². The first-order chi connectivity index (χ1) is 14.6. The molecule has 1 aromatic carbocycles. The van der Waals surface area contributed by atoms with E-state index in [9.17, 15) is 4.79 Å². The summed E-state index contributed by atoms with van der Waals surface area (Å²) in [4.78, 5) is 17.2. The van der Waals surface area contributed by atoms with Gasteiger partial charge in [-0.2, -0.15) is 0 Å². The number of nitrogens with two attached hydrogens (primary N) is 1. The van der Waals surface area contributed by atoms with Gasteiger partial charge < -0.3 is 24.8 Å². The monoisotopic (exact) mass is 419 g/mol. The number of unbranched alkanes of at least 4 members (excludes halogenated alkanes) is 1. The van der Waals surface area contributed by atoms with Crippen LogP contribution in [0.3, 0.4) is 0 Å². The molecule has 0 bridgehead atoms. The zero-order valence-corrected chi connectivity index (χ0v) is 18.5. The van der Waals surface area contributed by atoms with Gasteiger partial charge >= 0.3 is 0 Å². The Morgan fingerprint density at radius 2 is 1.63 bits per heavy atom. The molecule has 2 N–H and O–H groups in total. The number of para-hydroxylation sites is 1. The van der Waals surface area contributed by atoms with E-state index in [2.05, 4.69) is 9.80 Å². The third-order valence-corrected chi connectivity index (χ3v) is 6.60. The van der Waals surface area contributed by atoms with Crippen molar-refractivity contribution in [3.8, 4) is 17.2 Å². The van der Waals surface area contributed by atoms with Gasteiger partial charge in [0.1, 0.15) is 5.54 Å². The Morgan fingerprint density at radius 3 is 2.20 bits per heavy atom. The summed E-state index contributed by atoms with van der Waals surface area (Å²) in [6, 6.07) is 5.63. The lowest BCUT2D eigenvalue weighted by molar-refractivity contribution is -0.135. The van der Waals surface area contributed by atoms with Crippen molar-refractivity contribution < 1.29 is 19.0 Å². The highest BCUT2D eigenvalue weighted by Gasteiger charge is 2.44. The van der Waals surface area contributed by atoms with Crippen molar-refractivity contribution in [3.05, 3.63) is 18.2 Å². The molecule has 1 amide bonds. The number of nitrogens with zero attached hydrogens (tertiary/aromatic N) is 2. The smallest absolute Gasteiger partial charge is 0.238 e. The van der Waals surface area contributed by atoms with Crippen LogP contribution in [-0.2, 0) is 4.79 Å². The predicted octanol–water partition coefficient (Wildman–Crippen LogP) is 2.67. The molecule has 0 atom stereocenters. The standard InChI is InChI=1S/C23H37N3O4/c1-28-19-9-8-10-20(29-2)21(19)30-18-7-6-13-25-16-11-23(12-17-25,22(24)27)26-14-4-3-5-15-26/h8-10H,3-7,11-18H2,1-2H3,(H2,24,27). The van der Waals surface area contributed by atoms with Crippen LogP contribution in [-0.4, -0.2) is 74.8 Å². The molecule has 2 saturated heterocycles. The van der Waals surface area contributed by atoms with E-state index in [-0.39, 0.29) is 5.91 Å². The molecule has 7 heteroatoms. The number of rotatable bonds is 10. The molecule has 0 spiro atoms. The van der Waals surface area contributed by atoms with E-state index in [1.165, 1.54) is 19.3 Å². The summed E-state index contributed by atoms with van der Waals surface area (Å²) in [7, 11) is 3.27. The molecule has 2 heterocycles. The number of ether oxygens (including phenoxy) is 3. The Hall–Kier alpha value is -1.99. The fraction of sp³-hybridized carbons (Fsp3) is 0.696. The number of amides is 1. The molecule has 2 aliphatic rings. The molecule has 0 unspecified atom stereocenters. The number of hydrogen-bond donors (Lipinski definition) is 1. The molecular formula is C23H37N3O4. The normalized spacial score (nSPS) is 19.9. The van der Waals surface area contributed by atoms with Crippen LogP contribution in [0.1, 0.15) is 44.9 Å². The first kappa shape index (κ1) is 22.7. The lowest BCUT2D eigenvalue weighted by atomic mass is 9.83. The summed E-state index contributed by atoms with van der Waals surface area (Å²) in [5.74, 6) is 1.90. The molecule has 0 saturated carbocycles. The Labute approximate surface area is 180 Å². The van der Waals surface area contributed by atoms with Gasteiger partial charge in [-0.3, -0.25) is 9.69 Å². The van der Waals surface area contributed by atoms with Crippen LogP contribution in [0.5, 0.6) is 17.2 Å². The highest BCUT2D eigenvalue weighted by atomic mass is 16.5. The molecule has 0 aromatic heterocycles. The van der Waals surface area contributed by atoms with Gasteiger partial charge in [-0.15, -0.1) is 0 Å². The topological polar surface area (TPSA) is 77.3 Å². The third kappa shape index (κ3) is 5.19. The molecule has 168 valence electrons. The summed E-state index contributed by atoms with van der Waals surface area (Å²) in [6.45, 7) is 5.51. The van der Waals surface area contributed by atoms with Crippen LogP contribution >= 0.6 is 0 Å². The number of carbonyl (C=O) groups excluding carboxylic acids is 1. The van der Waals surface area contributed by atoms with Crippen LogP contribution in [0.2, 0.25) is 0 Å². The number of methoxy groups -OCH3 is 2. The summed E-state index contributed by atoms with van der Waals surface area (Å²) in [5.41, 5.74) is 5.45. The molecule has 30 heavy (non-hydrogen) atoms. The molecule has 0 radical (unpaired) electrons. The zero-order valence-electron chi connectivity index (χ0n) is 18.5. The Balaban J connectivity index is 1.42. The van der Waals surface area contributed by atoms with E-state index < -0.39 is 5.54 Å². The van der Waals surface area contributed by atoms with Crippen LogP contribution in [0.15, 0.2) is 18.2 Å². The summed E-state index contributed by atoms with van der Waals surface area (Å²) in [6.07, 6.45) is 7.30. The largest absolute Gasteiger partial charge is 0.493 e. The lowest BCUT2D eigenvalue weighted by Crippen LogP contribution is -2.63. The number of hydrogen-bond acceptors (Lipinski definition) is 6. The van der Waals surface area contributed by atoms with E-state index in [1.807, 2.05) is 18.2 Å². The Bertz CT molecular complexity index is 661. The van der Waals surface area contributed by atoms with Gasteiger partial charge in [0, 0.05) is 13.1 Å². The van der Waals surface area contributed by atoms with Crippen molar-refractivity contribution in [1.29, 1.82) is 0 Å². The minimum atomic E-state index is -0.430. The van der Waals surface area contributed by atoms with Gasteiger partial charge in [0.05, 0.1) is 20.8 Å². The summed E-state index contributed by atoms with van der Waals surface area (Å²) >= 11 is 0. The van der Waals surface area contributed by atoms with Crippen LogP contribution < -0.4 is 19.9 Å². The van der Waals surface area contributed by atoms with Crippen molar-refractivity contribution >= 4 is 5.91 Å². The van der Waals surface area contributed by atoms with Gasteiger partial charge in [-0.25, -0.2) is 0 Å². The van der Waals surface area contributed by atoms with Gasteiger partial charge in [0.15, 0.2) is 11.5 Å². The average Bonchev–Trinajstić information content (AvgIpc) is 2.79. The quantitative estimate of drug-likeness (QED) is 0.588. The Kier molecular flexibility index (Phi) is 8.22. The maximum atomic E-state index is 12.3. The maximum Gasteiger partial charge on any atom is 0.238 e. The highest BCUT2D eigenvalue weighted by molar-refractivity contribution is 5.84. The summed E-state index contributed by atoms with van der Waals surface area (Å²) < 4.78 is 16.7. The van der Waals surface area contributed by atoms with Gasteiger partial charge in [0.2, 0.25) is 11.7 Å². The first-order valence-electron chi connectivity index (χ1n) is 11.2. The molecule has 0 aliphatic carbocycles. The van der Waals surface area contributed by atoms with E-state index in [0.29, 0.717) is 23.9 Å². The predicted molar refractivity (Wildman–Crippen MR) is 117 cm³/mol. The molecule has 1 aromatic rings. The van der Waals surface area contributed by atoms with E-state index in [1.54, 1.807) is 14.2 Å². The second-order valence-electron chi connectivity index (χ2n) is 8.33. The van der Waals surface area contributed by atoms with Crippen molar-refractivity contribution in [2.75, 3.05) is 53.6 Å². The second kappa shape index (κ2) is 10.9. The van der Waals surface area contributed by atoms with E-state index in [4.69, 9.17) is 19.9 Å². The van der Waals surface area contributed by atoms with Crippen LogP contribution in [0.25, 0.3) is 0 Å². The average molecular weight is 420 g/mol. The number of piperidine rings is 2. The number of likely N-dealkylation sites (tertiary alicyclic amines) is 2.